The molecule has 0 saturated carbocycles. The lowest BCUT2D eigenvalue weighted by molar-refractivity contribution is 0.274. The van der Waals surface area contributed by atoms with E-state index in [9.17, 15) is 0 Å². The molecule has 0 bridgehead atoms. The molecule has 1 aromatic heterocycles. The zero-order valence-electron chi connectivity index (χ0n) is 9.76. The molecule has 18 heavy (non-hydrogen) atoms. The van der Waals surface area contributed by atoms with Crippen LogP contribution in [0.5, 0.6) is 0 Å². The quantitative estimate of drug-likeness (QED) is 0.893. The van der Waals surface area contributed by atoms with Gasteiger partial charge in [-0.25, -0.2) is 4.98 Å². The highest BCUT2D eigenvalue weighted by Gasteiger charge is 2.23. The van der Waals surface area contributed by atoms with Gasteiger partial charge in [-0.15, -0.1) is 11.3 Å². The fourth-order valence-electron chi connectivity index (χ4n) is 2.24. The number of aromatic nitrogens is 1. The van der Waals surface area contributed by atoms with Crippen molar-refractivity contribution < 1.29 is 0 Å². The van der Waals surface area contributed by atoms with Crippen molar-refractivity contribution in [3.63, 3.8) is 0 Å². The van der Waals surface area contributed by atoms with Crippen molar-refractivity contribution in [2.75, 3.05) is 5.73 Å². The van der Waals surface area contributed by atoms with E-state index in [-0.39, 0.29) is 0 Å². The normalized spacial score (nSPS) is 14.4. The number of fused-ring (bicyclic) bond motifs is 1. The summed E-state index contributed by atoms with van der Waals surface area (Å²) in [6.07, 6.45) is 0. The predicted octanol–water partition coefficient (Wildman–Crippen LogP) is 2.11. The molecule has 1 aliphatic heterocycles. The fraction of sp³-hybridized carbons (Fsp3) is 0.231. The van der Waals surface area contributed by atoms with Crippen LogP contribution in [0.3, 0.4) is 0 Å². The first-order chi connectivity index (χ1) is 8.76. The summed E-state index contributed by atoms with van der Waals surface area (Å²) in [7, 11) is 0. The Labute approximate surface area is 109 Å². The third-order valence-corrected chi connectivity index (χ3v) is 3.98. The Morgan fingerprint density at radius 1 is 1.39 bits per heavy atom. The third-order valence-electron chi connectivity index (χ3n) is 3.07. The minimum absolute atomic E-state index is 0.650. The van der Waals surface area contributed by atoms with Crippen LogP contribution in [-0.4, -0.2) is 9.88 Å². The van der Waals surface area contributed by atoms with E-state index in [4.69, 9.17) is 11.0 Å². The number of hydrogen-bond acceptors (Lipinski definition) is 5. The number of benzene rings is 1. The molecule has 0 radical (unpaired) electrons. The number of nitrogens with zero attached hydrogens (tertiary/aromatic N) is 3. The van der Waals surface area contributed by atoms with Crippen molar-refractivity contribution in [2.45, 2.75) is 19.6 Å². The molecule has 0 amide bonds. The second-order valence-corrected chi connectivity index (χ2v) is 5.45. The van der Waals surface area contributed by atoms with Crippen LogP contribution in [0.25, 0.3) is 0 Å². The lowest BCUT2D eigenvalue weighted by atomic mass is 10.1. The van der Waals surface area contributed by atoms with E-state index in [1.54, 1.807) is 11.3 Å². The highest BCUT2D eigenvalue weighted by molar-refractivity contribution is 7.15. The zero-order chi connectivity index (χ0) is 12.5. The Bertz CT molecular complexity index is 603. The van der Waals surface area contributed by atoms with Gasteiger partial charge in [0.15, 0.2) is 5.13 Å². The molecule has 2 aromatic rings. The molecule has 0 atom stereocenters. The maximum Gasteiger partial charge on any atom is 0.180 e. The van der Waals surface area contributed by atoms with Crippen LogP contribution in [0.4, 0.5) is 5.13 Å². The molecule has 1 aromatic carbocycles. The van der Waals surface area contributed by atoms with Gasteiger partial charge in [0, 0.05) is 24.5 Å². The van der Waals surface area contributed by atoms with Crippen LogP contribution in [0, 0.1) is 11.3 Å². The highest BCUT2D eigenvalue weighted by Crippen LogP contribution is 2.30. The van der Waals surface area contributed by atoms with Gasteiger partial charge in [0.1, 0.15) is 0 Å². The van der Waals surface area contributed by atoms with Gasteiger partial charge in [-0.3, -0.25) is 4.90 Å². The Morgan fingerprint density at radius 3 is 3.00 bits per heavy atom. The van der Waals surface area contributed by atoms with Gasteiger partial charge in [0.25, 0.3) is 0 Å². The van der Waals surface area contributed by atoms with Gasteiger partial charge in [0.2, 0.25) is 0 Å². The largest absolute Gasteiger partial charge is 0.375 e. The van der Waals surface area contributed by atoms with E-state index < -0.39 is 0 Å². The topological polar surface area (TPSA) is 65.9 Å². The van der Waals surface area contributed by atoms with Crippen molar-refractivity contribution in [1.29, 1.82) is 5.26 Å². The van der Waals surface area contributed by atoms with Crippen LogP contribution >= 0.6 is 11.3 Å². The molecule has 0 unspecified atom stereocenters. The smallest absolute Gasteiger partial charge is 0.180 e. The van der Waals surface area contributed by atoms with Crippen molar-refractivity contribution in [1.82, 2.24) is 9.88 Å². The Balaban J connectivity index is 1.76. The summed E-state index contributed by atoms with van der Waals surface area (Å²) in [6.45, 7) is 2.49. The van der Waals surface area contributed by atoms with Crippen LogP contribution < -0.4 is 5.73 Å². The van der Waals surface area contributed by atoms with Crippen LogP contribution in [-0.2, 0) is 19.6 Å². The Kier molecular flexibility index (Phi) is 2.74. The van der Waals surface area contributed by atoms with Gasteiger partial charge in [-0.1, -0.05) is 18.2 Å². The first-order valence-electron chi connectivity index (χ1n) is 5.70. The molecule has 2 N–H and O–H groups in total. The van der Waals surface area contributed by atoms with E-state index in [0.29, 0.717) is 5.13 Å². The number of nitrogens with two attached hydrogens (primary N) is 1. The average Bonchev–Trinajstić information content (AvgIpc) is 2.86. The Hall–Kier alpha value is -1.90. The number of hydrogen-bond donors (Lipinski definition) is 1. The molecular weight excluding hydrogens is 244 g/mol. The lowest BCUT2D eigenvalue weighted by Crippen LogP contribution is -2.16. The van der Waals surface area contributed by atoms with Crippen LogP contribution in [0.15, 0.2) is 24.3 Å². The number of anilines is 1. The predicted molar refractivity (Wildman–Crippen MR) is 70.6 cm³/mol. The van der Waals surface area contributed by atoms with E-state index >= 15 is 0 Å². The van der Waals surface area contributed by atoms with Crippen LogP contribution in [0.2, 0.25) is 0 Å². The van der Waals surface area contributed by atoms with Gasteiger partial charge in [-0.2, -0.15) is 5.26 Å². The average molecular weight is 256 g/mol. The summed E-state index contributed by atoms with van der Waals surface area (Å²) >= 11 is 1.56. The zero-order valence-corrected chi connectivity index (χ0v) is 10.6. The van der Waals surface area contributed by atoms with Crippen LogP contribution in [0.1, 0.15) is 21.7 Å². The van der Waals surface area contributed by atoms with Crippen molar-refractivity contribution >= 4 is 16.5 Å². The molecule has 0 aliphatic carbocycles. The minimum Gasteiger partial charge on any atom is -0.375 e. The standard InChI is InChI=1S/C13H12N4S/c14-5-9-3-1-2-4-10(9)6-17-7-11-12(8-17)18-13(15)16-11/h1-4H,6-8H2,(H2,15,16). The molecule has 3 rings (SSSR count). The van der Waals surface area contributed by atoms with Crippen molar-refractivity contribution in [3.05, 3.63) is 46.0 Å². The minimum atomic E-state index is 0.650. The molecule has 90 valence electrons. The second-order valence-electron chi connectivity index (χ2n) is 4.34. The fourth-order valence-corrected chi connectivity index (χ4v) is 3.12. The van der Waals surface area contributed by atoms with E-state index in [0.717, 1.165) is 36.5 Å². The molecule has 1 aliphatic rings. The molecule has 0 spiro atoms. The summed E-state index contributed by atoms with van der Waals surface area (Å²) in [5.74, 6) is 0. The molecule has 0 saturated heterocycles. The highest BCUT2D eigenvalue weighted by atomic mass is 32.1. The first kappa shape index (κ1) is 11.2. The first-order valence-corrected chi connectivity index (χ1v) is 6.52. The monoisotopic (exact) mass is 256 g/mol. The summed E-state index contributed by atoms with van der Waals surface area (Å²) in [5.41, 5.74) is 8.59. The van der Waals surface area contributed by atoms with Gasteiger partial charge >= 0.3 is 0 Å². The molecule has 5 heteroatoms. The summed E-state index contributed by atoms with van der Waals surface area (Å²) in [4.78, 5) is 7.85. The molecular formula is C13H12N4S. The SMILES string of the molecule is N#Cc1ccccc1CN1Cc2nc(N)sc2C1. The van der Waals surface area contributed by atoms with Gasteiger partial charge in [-0.05, 0) is 11.6 Å². The van der Waals surface area contributed by atoms with E-state index in [2.05, 4.69) is 16.0 Å². The van der Waals surface area contributed by atoms with Crippen molar-refractivity contribution in [2.24, 2.45) is 0 Å². The maximum absolute atomic E-state index is 9.07. The number of nitrogen functional groups attached to an aromatic ring is 1. The van der Waals surface area contributed by atoms with E-state index in [1.807, 2.05) is 24.3 Å². The number of nitriles is 1. The van der Waals surface area contributed by atoms with Gasteiger partial charge < -0.3 is 5.73 Å². The number of thiazole rings is 1. The molecule has 0 fully saturated rings. The van der Waals surface area contributed by atoms with Crippen molar-refractivity contribution in [3.8, 4) is 6.07 Å². The lowest BCUT2D eigenvalue weighted by Gasteiger charge is -2.15. The second kappa shape index (κ2) is 4.41. The molecule has 2 heterocycles. The summed E-state index contributed by atoms with van der Waals surface area (Å²) in [5, 5.41) is 9.72. The van der Waals surface area contributed by atoms with E-state index in [1.165, 1.54) is 4.88 Å². The maximum atomic E-state index is 9.07. The third kappa shape index (κ3) is 1.96. The summed E-state index contributed by atoms with van der Waals surface area (Å²) < 4.78 is 0. The Morgan fingerprint density at radius 2 is 2.22 bits per heavy atom. The number of rotatable bonds is 2. The summed E-state index contributed by atoms with van der Waals surface area (Å²) in [6, 6.07) is 9.96. The van der Waals surface area contributed by atoms with Gasteiger partial charge in [0.05, 0.1) is 17.3 Å². The molecule has 4 nitrogen and oxygen atoms in total.